The van der Waals surface area contributed by atoms with E-state index in [0.717, 1.165) is 49.9 Å². The van der Waals surface area contributed by atoms with E-state index >= 15 is 0 Å². The van der Waals surface area contributed by atoms with Crippen molar-refractivity contribution < 1.29 is 32.1 Å². The van der Waals surface area contributed by atoms with Gasteiger partial charge < -0.3 is 9.42 Å². The molecule has 0 radical (unpaired) electrons. The molecular weight excluding hydrogens is 527 g/mol. The maximum absolute atomic E-state index is 13.4. The summed E-state index contributed by atoms with van der Waals surface area (Å²) in [4.78, 5) is 43.1. The summed E-state index contributed by atoms with van der Waals surface area (Å²) < 4.78 is 45.1. The molecule has 1 aromatic carbocycles. The standard InChI is InChI=1S/C28H30F3N5O4/c1-18-15-24(33-40-18)27(39)35-13-11-34(12-14-35)10-6-4-3-5-7-22-19(2)25(37)36(26(22)38)21-9-8-20(17-32)23(16-21)28(29,30)31/h8-9,15-16H,3-7,10-14H2,1-2H3. The number of anilines is 1. The van der Waals surface area contributed by atoms with Gasteiger partial charge in [-0.25, -0.2) is 4.90 Å². The highest BCUT2D eigenvalue weighted by molar-refractivity contribution is 6.32. The highest BCUT2D eigenvalue weighted by atomic mass is 19.4. The number of piperazine rings is 1. The number of benzene rings is 1. The SMILES string of the molecule is CC1=C(CCCCCCN2CCN(C(=O)c3cc(C)on3)CC2)C(=O)N(c2ccc(C#N)c(C(F)(F)F)c2)C1=O. The number of aromatic nitrogens is 1. The molecule has 1 fully saturated rings. The van der Waals surface area contributed by atoms with Gasteiger partial charge in [0.1, 0.15) is 5.76 Å². The number of hydrogen-bond donors (Lipinski definition) is 0. The fourth-order valence-corrected chi connectivity index (χ4v) is 5.01. The zero-order valence-electron chi connectivity index (χ0n) is 22.4. The van der Waals surface area contributed by atoms with Gasteiger partial charge in [-0.3, -0.25) is 19.3 Å². The molecule has 2 aromatic rings. The third-order valence-corrected chi connectivity index (χ3v) is 7.28. The predicted octanol–water partition coefficient (Wildman–Crippen LogP) is 4.47. The lowest BCUT2D eigenvalue weighted by Gasteiger charge is -2.34. The van der Waals surface area contributed by atoms with Gasteiger partial charge in [-0.1, -0.05) is 18.0 Å². The number of imide groups is 1. The van der Waals surface area contributed by atoms with E-state index in [-0.39, 0.29) is 17.2 Å². The smallest absolute Gasteiger partial charge is 0.361 e. The van der Waals surface area contributed by atoms with Gasteiger partial charge >= 0.3 is 6.18 Å². The molecule has 0 atom stereocenters. The van der Waals surface area contributed by atoms with E-state index in [0.29, 0.717) is 49.0 Å². The molecule has 0 bridgehead atoms. The van der Waals surface area contributed by atoms with E-state index in [1.165, 1.54) is 19.1 Å². The third kappa shape index (κ3) is 6.25. The van der Waals surface area contributed by atoms with Crippen LogP contribution in [0, 0.1) is 18.3 Å². The van der Waals surface area contributed by atoms with E-state index in [4.69, 9.17) is 9.78 Å². The van der Waals surface area contributed by atoms with E-state index in [2.05, 4.69) is 10.1 Å². The Morgan fingerprint density at radius 1 is 1.02 bits per heavy atom. The molecular formula is C28H30F3N5O4. The van der Waals surface area contributed by atoms with Crippen LogP contribution in [0.4, 0.5) is 18.9 Å². The molecule has 2 aliphatic rings. The summed E-state index contributed by atoms with van der Waals surface area (Å²) in [5.41, 5.74) is -1.09. The lowest BCUT2D eigenvalue weighted by atomic mass is 10.0. The summed E-state index contributed by atoms with van der Waals surface area (Å²) in [7, 11) is 0. The summed E-state index contributed by atoms with van der Waals surface area (Å²) in [5.74, 6) is -0.789. The average molecular weight is 558 g/mol. The number of nitriles is 1. The van der Waals surface area contributed by atoms with Crippen LogP contribution in [0.25, 0.3) is 0 Å². The van der Waals surface area contributed by atoms with Crippen LogP contribution < -0.4 is 4.90 Å². The number of unbranched alkanes of at least 4 members (excludes halogenated alkanes) is 3. The van der Waals surface area contributed by atoms with Gasteiger partial charge in [-0.2, -0.15) is 18.4 Å². The first kappa shape index (κ1) is 29.0. The Bertz CT molecular complexity index is 1370. The van der Waals surface area contributed by atoms with E-state index in [1.54, 1.807) is 17.9 Å². The number of carbonyl (C=O) groups is 3. The lowest BCUT2D eigenvalue weighted by Crippen LogP contribution is -2.48. The number of alkyl halides is 3. The van der Waals surface area contributed by atoms with Crippen molar-refractivity contribution in [2.24, 2.45) is 0 Å². The molecule has 0 unspecified atom stereocenters. The van der Waals surface area contributed by atoms with Gasteiger partial charge in [0.05, 0.1) is 22.9 Å². The van der Waals surface area contributed by atoms with Gasteiger partial charge in [0.15, 0.2) is 5.69 Å². The van der Waals surface area contributed by atoms with Crippen molar-refractivity contribution in [3.05, 3.63) is 58.0 Å². The van der Waals surface area contributed by atoms with Crippen molar-refractivity contribution in [1.82, 2.24) is 15.0 Å². The van der Waals surface area contributed by atoms with Gasteiger partial charge in [-0.05, 0) is 57.9 Å². The van der Waals surface area contributed by atoms with E-state index in [9.17, 15) is 27.6 Å². The van der Waals surface area contributed by atoms with E-state index < -0.39 is 29.1 Å². The monoisotopic (exact) mass is 557 g/mol. The fourth-order valence-electron chi connectivity index (χ4n) is 5.01. The highest BCUT2D eigenvalue weighted by Crippen LogP contribution is 2.37. The van der Waals surface area contributed by atoms with Crippen molar-refractivity contribution in [3.63, 3.8) is 0 Å². The Morgan fingerprint density at radius 2 is 1.73 bits per heavy atom. The molecule has 0 N–H and O–H groups in total. The second kappa shape index (κ2) is 12.0. The number of rotatable bonds is 9. The zero-order chi connectivity index (χ0) is 29.0. The number of carbonyl (C=O) groups excluding carboxylic acids is 3. The predicted molar refractivity (Wildman–Crippen MR) is 138 cm³/mol. The fraction of sp³-hybridized carbons (Fsp3) is 0.464. The van der Waals surface area contributed by atoms with Crippen LogP contribution in [0.15, 0.2) is 39.9 Å². The van der Waals surface area contributed by atoms with Crippen LogP contribution in [-0.2, 0) is 15.8 Å². The molecule has 40 heavy (non-hydrogen) atoms. The highest BCUT2D eigenvalue weighted by Gasteiger charge is 2.39. The largest absolute Gasteiger partial charge is 0.417 e. The minimum Gasteiger partial charge on any atom is -0.361 e. The minimum absolute atomic E-state index is 0.125. The maximum Gasteiger partial charge on any atom is 0.417 e. The summed E-state index contributed by atoms with van der Waals surface area (Å²) in [5, 5.41) is 12.8. The molecule has 3 amide bonds. The van der Waals surface area contributed by atoms with Gasteiger partial charge in [0.2, 0.25) is 0 Å². The lowest BCUT2D eigenvalue weighted by molar-refractivity contribution is -0.138. The normalized spacial score (nSPS) is 16.7. The number of halogens is 3. The van der Waals surface area contributed by atoms with Crippen molar-refractivity contribution in [3.8, 4) is 6.07 Å². The van der Waals surface area contributed by atoms with Crippen molar-refractivity contribution >= 4 is 23.4 Å². The van der Waals surface area contributed by atoms with Gasteiger partial charge in [0.25, 0.3) is 17.7 Å². The third-order valence-electron chi connectivity index (χ3n) is 7.28. The Hall–Kier alpha value is -3.98. The number of aryl methyl sites for hydroxylation is 1. The first-order chi connectivity index (χ1) is 19.0. The summed E-state index contributed by atoms with van der Waals surface area (Å²) in [6.07, 6.45) is -1.08. The van der Waals surface area contributed by atoms with Crippen molar-refractivity contribution in [1.29, 1.82) is 5.26 Å². The van der Waals surface area contributed by atoms with Crippen LogP contribution in [0.3, 0.4) is 0 Å². The molecule has 212 valence electrons. The van der Waals surface area contributed by atoms with Crippen LogP contribution in [0.2, 0.25) is 0 Å². The second-order valence-electron chi connectivity index (χ2n) is 10.0. The van der Waals surface area contributed by atoms with Crippen LogP contribution >= 0.6 is 0 Å². The number of hydrogen-bond acceptors (Lipinski definition) is 7. The van der Waals surface area contributed by atoms with Crippen LogP contribution in [0.1, 0.15) is 66.4 Å². The first-order valence-electron chi connectivity index (χ1n) is 13.2. The van der Waals surface area contributed by atoms with E-state index in [1.807, 2.05) is 0 Å². The van der Waals surface area contributed by atoms with Crippen molar-refractivity contribution in [2.75, 3.05) is 37.6 Å². The molecule has 2 aliphatic heterocycles. The molecule has 12 heteroatoms. The Kier molecular flexibility index (Phi) is 8.73. The zero-order valence-corrected chi connectivity index (χ0v) is 22.4. The molecule has 9 nitrogen and oxygen atoms in total. The summed E-state index contributed by atoms with van der Waals surface area (Å²) in [6, 6.07) is 5.97. The Labute approximate surface area is 229 Å². The molecule has 0 spiro atoms. The topological polar surface area (TPSA) is 111 Å². The molecule has 1 aromatic heterocycles. The number of amides is 3. The van der Waals surface area contributed by atoms with Crippen LogP contribution in [-0.4, -0.2) is 65.4 Å². The minimum atomic E-state index is -4.79. The Balaban J connectivity index is 1.21. The quantitative estimate of drug-likeness (QED) is 0.330. The first-order valence-corrected chi connectivity index (χ1v) is 13.2. The molecule has 3 heterocycles. The van der Waals surface area contributed by atoms with Gasteiger partial charge in [-0.15, -0.1) is 0 Å². The summed E-state index contributed by atoms with van der Waals surface area (Å²) in [6.45, 7) is 6.92. The molecule has 0 saturated carbocycles. The average Bonchev–Trinajstić information content (AvgIpc) is 3.45. The van der Waals surface area contributed by atoms with Crippen LogP contribution in [0.5, 0.6) is 0 Å². The molecule has 0 aliphatic carbocycles. The Morgan fingerprint density at radius 3 is 2.35 bits per heavy atom. The second-order valence-corrected chi connectivity index (χ2v) is 10.0. The molecule has 1 saturated heterocycles. The number of nitrogens with zero attached hydrogens (tertiary/aromatic N) is 5. The maximum atomic E-state index is 13.4. The summed E-state index contributed by atoms with van der Waals surface area (Å²) >= 11 is 0. The van der Waals surface area contributed by atoms with Crippen molar-refractivity contribution in [2.45, 2.75) is 52.1 Å². The molecule has 4 rings (SSSR count). The van der Waals surface area contributed by atoms with Gasteiger partial charge in [0, 0.05) is 43.4 Å².